The Morgan fingerprint density at radius 2 is 1.74 bits per heavy atom. The third kappa shape index (κ3) is 4.55. The lowest BCUT2D eigenvalue weighted by Gasteiger charge is -2.16. The fourth-order valence-electron chi connectivity index (χ4n) is 3.66. The Kier molecular flexibility index (Phi) is 5.71. The van der Waals surface area contributed by atoms with Gasteiger partial charge in [-0.05, 0) is 46.7 Å². The van der Waals surface area contributed by atoms with Gasteiger partial charge < -0.3 is 9.84 Å². The number of rotatable bonds is 6. The maximum absolute atomic E-state index is 12.3. The molecule has 174 valence electrons. The predicted octanol–water partition coefficient (Wildman–Crippen LogP) is 2.42. The van der Waals surface area contributed by atoms with Crippen molar-refractivity contribution < 1.29 is 23.1 Å². The number of anilines is 1. The molecule has 1 aromatic heterocycles. The van der Waals surface area contributed by atoms with Crippen LogP contribution in [0.15, 0.2) is 70.4 Å². The minimum atomic E-state index is -3.43. The molecule has 34 heavy (non-hydrogen) atoms. The van der Waals surface area contributed by atoms with Gasteiger partial charge in [-0.15, -0.1) is 0 Å². The number of ether oxygens (including phenoxy) is 1. The van der Waals surface area contributed by atoms with Crippen LogP contribution in [0.5, 0.6) is 5.75 Å². The van der Waals surface area contributed by atoms with Crippen LogP contribution in [0.2, 0.25) is 0 Å². The van der Waals surface area contributed by atoms with E-state index in [0.717, 1.165) is 27.7 Å². The number of aromatic nitrogens is 2. The molecule has 0 fully saturated rings. The van der Waals surface area contributed by atoms with Gasteiger partial charge in [0.25, 0.3) is 5.56 Å². The fraction of sp³-hybridized carbons (Fsp3) is 0.0870. The SMILES string of the molecule is COc1c(C(=O)O)cc(-n2ccc(=O)[nH]c2=O)cc1-c1ccc2cc(NS(C)(=O)=O)ccc2c1. The molecule has 0 saturated carbocycles. The Labute approximate surface area is 193 Å². The van der Waals surface area contributed by atoms with Gasteiger partial charge in [-0.2, -0.15) is 0 Å². The van der Waals surface area contributed by atoms with Crippen LogP contribution in [0.1, 0.15) is 10.4 Å². The second-order valence-electron chi connectivity index (χ2n) is 7.51. The largest absolute Gasteiger partial charge is 0.495 e. The van der Waals surface area contributed by atoms with Gasteiger partial charge in [-0.25, -0.2) is 18.0 Å². The van der Waals surface area contributed by atoms with Gasteiger partial charge in [0.2, 0.25) is 10.0 Å². The Balaban J connectivity index is 1.92. The van der Waals surface area contributed by atoms with Crippen LogP contribution in [0.25, 0.3) is 27.6 Å². The Bertz CT molecular complexity index is 1670. The van der Waals surface area contributed by atoms with Crippen molar-refractivity contribution in [2.45, 2.75) is 0 Å². The Hall–Kier alpha value is -4.38. The summed E-state index contributed by atoms with van der Waals surface area (Å²) in [7, 11) is -2.08. The third-order valence-electron chi connectivity index (χ3n) is 5.06. The summed E-state index contributed by atoms with van der Waals surface area (Å²) in [6, 6.07) is 14.3. The van der Waals surface area contributed by atoms with Gasteiger partial charge in [0.15, 0.2) is 0 Å². The summed E-state index contributed by atoms with van der Waals surface area (Å²) in [6.45, 7) is 0. The molecule has 10 nitrogen and oxygen atoms in total. The summed E-state index contributed by atoms with van der Waals surface area (Å²) < 4.78 is 32.0. The number of benzene rings is 3. The summed E-state index contributed by atoms with van der Waals surface area (Å²) >= 11 is 0. The van der Waals surface area contributed by atoms with E-state index >= 15 is 0 Å². The van der Waals surface area contributed by atoms with Crippen molar-refractivity contribution >= 4 is 32.5 Å². The molecule has 0 atom stereocenters. The maximum atomic E-state index is 12.3. The molecule has 3 aromatic carbocycles. The lowest BCUT2D eigenvalue weighted by molar-refractivity contribution is 0.0693. The van der Waals surface area contributed by atoms with Crippen LogP contribution < -0.4 is 20.7 Å². The quantitative estimate of drug-likeness (QED) is 0.383. The van der Waals surface area contributed by atoms with Crippen LogP contribution >= 0.6 is 0 Å². The van der Waals surface area contributed by atoms with Crippen molar-refractivity contribution in [2.75, 3.05) is 18.1 Å². The molecule has 3 N–H and O–H groups in total. The van der Waals surface area contributed by atoms with Crippen molar-refractivity contribution in [3.63, 3.8) is 0 Å². The number of aromatic amines is 1. The molecule has 4 rings (SSSR count). The highest BCUT2D eigenvalue weighted by molar-refractivity contribution is 7.92. The highest BCUT2D eigenvalue weighted by atomic mass is 32.2. The first-order valence-corrected chi connectivity index (χ1v) is 11.7. The van der Waals surface area contributed by atoms with Gasteiger partial charge in [0.05, 0.1) is 19.1 Å². The van der Waals surface area contributed by atoms with E-state index in [0.29, 0.717) is 16.8 Å². The first kappa shape index (κ1) is 22.8. The van der Waals surface area contributed by atoms with Crippen LogP contribution in [0.3, 0.4) is 0 Å². The van der Waals surface area contributed by atoms with E-state index in [2.05, 4.69) is 9.71 Å². The van der Waals surface area contributed by atoms with Crippen LogP contribution in [-0.2, 0) is 10.0 Å². The molecule has 0 saturated heterocycles. The number of methoxy groups -OCH3 is 1. The second-order valence-corrected chi connectivity index (χ2v) is 9.26. The third-order valence-corrected chi connectivity index (χ3v) is 5.67. The summed E-state index contributed by atoms with van der Waals surface area (Å²) in [5.74, 6) is -1.15. The van der Waals surface area contributed by atoms with Gasteiger partial charge in [0, 0.05) is 23.5 Å². The van der Waals surface area contributed by atoms with Crippen molar-refractivity contribution in [2.24, 2.45) is 0 Å². The molecule has 0 amide bonds. The number of nitrogens with zero attached hydrogens (tertiary/aromatic N) is 1. The zero-order valence-electron chi connectivity index (χ0n) is 18.0. The van der Waals surface area contributed by atoms with E-state index in [1.165, 1.54) is 19.4 Å². The molecular weight excluding hydrogens is 462 g/mol. The minimum Gasteiger partial charge on any atom is -0.495 e. The molecule has 0 unspecified atom stereocenters. The molecule has 11 heteroatoms. The number of H-pyrrole nitrogens is 1. The lowest BCUT2D eigenvalue weighted by Crippen LogP contribution is -2.27. The predicted molar refractivity (Wildman–Crippen MR) is 128 cm³/mol. The number of sulfonamides is 1. The van der Waals surface area contributed by atoms with E-state index in [1.54, 1.807) is 42.5 Å². The fourth-order valence-corrected chi connectivity index (χ4v) is 4.21. The first-order chi connectivity index (χ1) is 16.1. The smallest absolute Gasteiger partial charge is 0.339 e. The van der Waals surface area contributed by atoms with E-state index in [4.69, 9.17) is 4.74 Å². The molecule has 0 bridgehead atoms. The van der Waals surface area contributed by atoms with E-state index in [9.17, 15) is 27.9 Å². The highest BCUT2D eigenvalue weighted by Gasteiger charge is 2.20. The number of hydrogen-bond donors (Lipinski definition) is 3. The van der Waals surface area contributed by atoms with E-state index < -0.39 is 27.2 Å². The molecule has 0 spiro atoms. The average molecular weight is 481 g/mol. The highest BCUT2D eigenvalue weighted by Crippen LogP contribution is 2.37. The van der Waals surface area contributed by atoms with Gasteiger partial charge in [-0.3, -0.25) is 19.1 Å². The average Bonchev–Trinajstić information content (AvgIpc) is 2.76. The topological polar surface area (TPSA) is 148 Å². The zero-order chi connectivity index (χ0) is 24.6. The lowest BCUT2D eigenvalue weighted by atomic mass is 9.97. The normalized spacial score (nSPS) is 11.4. The summed E-state index contributed by atoms with van der Waals surface area (Å²) in [5.41, 5.74) is 0.193. The number of fused-ring (bicyclic) bond motifs is 1. The molecule has 4 aromatic rings. The van der Waals surface area contributed by atoms with Gasteiger partial charge >= 0.3 is 11.7 Å². The molecule has 0 aliphatic heterocycles. The number of carboxylic acids is 1. The standard InChI is InChI=1S/C23H19N3O7S/c1-33-21-18(11-17(12-19(21)22(28)29)26-8-7-20(27)24-23(26)30)15-4-3-14-10-16(25-34(2,31)32)6-5-13(14)9-15/h3-12,25H,1-2H3,(H,28,29)(H,24,27,30). The second kappa shape index (κ2) is 8.52. The van der Waals surface area contributed by atoms with Crippen molar-refractivity contribution in [3.8, 4) is 22.6 Å². The van der Waals surface area contributed by atoms with Crippen LogP contribution in [0, 0.1) is 0 Å². The number of nitrogens with one attached hydrogen (secondary N) is 2. The molecule has 1 heterocycles. The van der Waals surface area contributed by atoms with Crippen molar-refractivity contribution in [1.29, 1.82) is 0 Å². The molecular formula is C23H19N3O7S. The Morgan fingerprint density at radius 3 is 2.38 bits per heavy atom. The van der Waals surface area contributed by atoms with Gasteiger partial charge in [0.1, 0.15) is 11.3 Å². The van der Waals surface area contributed by atoms with Crippen molar-refractivity contribution in [1.82, 2.24) is 9.55 Å². The summed E-state index contributed by atoms with van der Waals surface area (Å²) in [4.78, 5) is 37.9. The van der Waals surface area contributed by atoms with Crippen molar-refractivity contribution in [3.05, 3.63) is 87.2 Å². The number of hydrogen-bond acceptors (Lipinski definition) is 6. The maximum Gasteiger partial charge on any atom is 0.339 e. The van der Waals surface area contributed by atoms with Crippen LogP contribution in [0.4, 0.5) is 5.69 Å². The first-order valence-electron chi connectivity index (χ1n) is 9.85. The summed E-state index contributed by atoms with van der Waals surface area (Å²) in [5, 5.41) is 11.3. The number of aromatic carboxylic acids is 1. The Morgan fingerprint density at radius 1 is 1.03 bits per heavy atom. The molecule has 0 aliphatic rings. The van der Waals surface area contributed by atoms with Crippen LogP contribution in [-0.4, -0.2) is 42.4 Å². The van der Waals surface area contributed by atoms with E-state index in [-0.39, 0.29) is 17.0 Å². The number of carbonyl (C=O) groups is 1. The van der Waals surface area contributed by atoms with E-state index in [1.807, 2.05) is 0 Å². The zero-order valence-corrected chi connectivity index (χ0v) is 18.8. The minimum absolute atomic E-state index is 0.100. The summed E-state index contributed by atoms with van der Waals surface area (Å²) in [6.07, 6.45) is 2.32. The molecule has 0 aliphatic carbocycles. The monoisotopic (exact) mass is 481 g/mol. The molecule has 0 radical (unpaired) electrons. The number of carboxylic acid groups (broad SMARTS) is 1. The van der Waals surface area contributed by atoms with Gasteiger partial charge in [-0.1, -0.05) is 18.2 Å².